The van der Waals surface area contributed by atoms with Crippen LogP contribution < -0.4 is 14.8 Å². The molecule has 3 aromatic carbocycles. The van der Waals surface area contributed by atoms with Gasteiger partial charge in [0.05, 0.1) is 6.61 Å². The average molecular weight is 393 g/mol. The van der Waals surface area contributed by atoms with E-state index in [1.165, 1.54) is 6.92 Å². The third-order valence-corrected chi connectivity index (χ3v) is 4.19. The zero-order valence-electron chi connectivity index (χ0n) is 16.4. The molecule has 150 valence electrons. The second-order valence-corrected chi connectivity index (χ2v) is 6.35. The number of amides is 1. The molecule has 0 aliphatic heterocycles. The van der Waals surface area contributed by atoms with E-state index in [-0.39, 0.29) is 6.61 Å². The zero-order chi connectivity index (χ0) is 20.6. The van der Waals surface area contributed by atoms with Crippen molar-refractivity contribution in [3.63, 3.8) is 0 Å². The van der Waals surface area contributed by atoms with E-state index in [0.717, 1.165) is 10.8 Å². The van der Waals surface area contributed by atoms with Gasteiger partial charge in [-0.1, -0.05) is 42.5 Å². The van der Waals surface area contributed by atoms with Gasteiger partial charge in [0.2, 0.25) is 0 Å². The van der Waals surface area contributed by atoms with Crippen molar-refractivity contribution >= 4 is 28.3 Å². The van der Waals surface area contributed by atoms with E-state index in [0.29, 0.717) is 23.8 Å². The van der Waals surface area contributed by atoms with E-state index in [9.17, 15) is 9.59 Å². The van der Waals surface area contributed by atoms with Gasteiger partial charge in [-0.2, -0.15) is 0 Å². The highest BCUT2D eigenvalue weighted by Crippen LogP contribution is 2.26. The lowest BCUT2D eigenvalue weighted by Crippen LogP contribution is -2.31. The molecule has 0 radical (unpaired) electrons. The minimum absolute atomic E-state index is 0.322. The molecule has 0 heterocycles. The smallest absolute Gasteiger partial charge is 0.344 e. The first kappa shape index (κ1) is 20.2. The van der Waals surface area contributed by atoms with Crippen molar-refractivity contribution in [1.29, 1.82) is 0 Å². The van der Waals surface area contributed by atoms with Gasteiger partial charge in [0.25, 0.3) is 5.91 Å². The van der Waals surface area contributed by atoms with Crippen LogP contribution in [0.4, 0.5) is 5.69 Å². The lowest BCUT2D eigenvalue weighted by Gasteiger charge is -2.15. The van der Waals surface area contributed by atoms with Crippen LogP contribution >= 0.6 is 0 Å². The Balaban J connectivity index is 1.52. The van der Waals surface area contributed by atoms with Crippen LogP contribution in [-0.2, 0) is 14.3 Å². The topological polar surface area (TPSA) is 73.9 Å². The van der Waals surface area contributed by atoms with Crippen LogP contribution in [0.3, 0.4) is 0 Å². The molecule has 29 heavy (non-hydrogen) atoms. The van der Waals surface area contributed by atoms with Crippen LogP contribution in [0.25, 0.3) is 10.8 Å². The fourth-order valence-electron chi connectivity index (χ4n) is 2.78. The fourth-order valence-corrected chi connectivity index (χ4v) is 2.78. The molecule has 0 aromatic heterocycles. The van der Waals surface area contributed by atoms with Crippen LogP contribution in [0.15, 0.2) is 66.7 Å². The number of hydrogen-bond acceptors (Lipinski definition) is 5. The Morgan fingerprint density at radius 3 is 2.28 bits per heavy atom. The predicted octanol–water partition coefficient (Wildman–Crippen LogP) is 4.19. The maximum atomic E-state index is 12.3. The summed E-state index contributed by atoms with van der Waals surface area (Å²) in [5, 5.41) is 4.85. The lowest BCUT2D eigenvalue weighted by atomic mass is 10.1. The normalized spacial score (nSPS) is 11.5. The van der Waals surface area contributed by atoms with Gasteiger partial charge in [-0.3, -0.25) is 4.79 Å². The number of rotatable bonds is 8. The summed E-state index contributed by atoms with van der Waals surface area (Å²) in [6.45, 7) is 3.54. The Labute approximate surface area is 169 Å². The molecule has 0 saturated heterocycles. The molecule has 1 atom stereocenters. The summed E-state index contributed by atoms with van der Waals surface area (Å²) in [4.78, 5) is 24.4. The molecule has 0 spiro atoms. The predicted molar refractivity (Wildman–Crippen MR) is 111 cm³/mol. The van der Waals surface area contributed by atoms with Crippen molar-refractivity contribution < 1.29 is 23.8 Å². The van der Waals surface area contributed by atoms with E-state index in [1.807, 2.05) is 55.5 Å². The molecule has 6 nitrogen and oxygen atoms in total. The molecule has 1 amide bonds. The zero-order valence-corrected chi connectivity index (χ0v) is 16.4. The van der Waals surface area contributed by atoms with Gasteiger partial charge in [-0.25, -0.2) is 4.79 Å². The molecule has 0 aliphatic carbocycles. The number of fused-ring (bicyclic) bond motifs is 1. The van der Waals surface area contributed by atoms with E-state index in [4.69, 9.17) is 14.2 Å². The van der Waals surface area contributed by atoms with Crippen LogP contribution in [0, 0.1) is 0 Å². The summed E-state index contributed by atoms with van der Waals surface area (Å²) in [6, 6.07) is 20.5. The quantitative estimate of drug-likeness (QED) is 0.581. The summed E-state index contributed by atoms with van der Waals surface area (Å²) < 4.78 is 16.1. The van der Waals surface area contributed by atoms with Crippen LogP contribution in [-0.4, -0.2) is 31.2 Å². The van der Waals surface area contributed by atoms with Gasteiger partial charge >= 0.3 is 5.97 Å². The number of benzene rings is 3. The number of para-hydroxylation sites is 2. The van der Waals surface area contributed by atoms with Crippen molar-refractivity contribution in [1.82, 2.24) is 0 Å². The SMILES string of the molecule is CCOc1ccccc1OCC(=O)O[C@H](C)C(=O)Nc1ccc2ccccc2c1. The third kappa shape index (κ3) is 5.48. The van der Waals surface area contributed by atoms with Gasteiger partial charge in [-0.05, 0) is 48.9 Å². The maximum absolute atomic E-state index is 12.3. The van der Waals surface area contributed by atoms with Crippen LogP contribution in [0.2, 0.25) is 0 Å². The van der Waals surface area contributed by atoms with Gasteiger partial charge in [0, 0.05) is 5.69 Å². The van der Waals surface area contributed by atoms with Gasteiger partial charge in [-0.15, -0.1) is 0 Å². The Morgan fingerprint density at radius 2 is 1.55 bits per heavy atom. The van der Waals surface area contributed by atoms with Crippen molar-refractivity contribution in [3.8, 4) is 11.5 Å². The number of hydrogen-bond donors (Lipinski definition) is 1. The summed E-state index contributed by atoms with van der Waals surface area (Å²) >= 11 is 0. The molecule has 0 bridgehead atoms. The Bertz CT molecular complexity index is 1000. The van der Waals surface area contributed by atoms with Gasteiger partial charge in [0.15, 0.2) is 24.2 Å². The van der Waals surface area contributed by atoms with E-state index in [1.54, 1.807) is 18.2 Å². The molecule has 0 unspecified atom stereocenters. The molecule has 0 fully saturated rings. The number of carbonyl (C=O) groups is 2. The number of anilines is 1. The molecular weight excluding hydrogens is 370 g/mol. The molecule has 6 heteroatoms. The molecule has 0 aliphatic rings. The summed E-state index contributed by atoms with van der Waals surface area (Å²) in [5.74, 6) is -0.0646. The van der Waals surface area contributed by atoms with E-state index < -0.39 is 18.0 Å². The first-order valence-electron chi connectivity index (χ1n) is 9.40. The lowest BCUT2D eigenvalue weighted by molar-refractivity contribution is -0.155. The highest BCUT2D eigenvalue weighted by Gasteiger charge is 2.19. The highest BCUT2D eigenvalue weighted by molar-refractivity contribution is 5.97. The minimum Gasteiger partial charge on any atom is -0.490 e. The largest absolute Gasteiger partial charge is 0.490 e. The van der Waals surface area contributed by atoms with Gasteiger partial charge in [0.1, 0.15) is 0 Å². The first-order valence-corrected chi connectivity index (χ1v) is 9.40. The maximum Gasteiger partial charge on any atom is 0.344 e. The van der Waals surface area contributed by atoms with E-state index >= 15 is 0 Å². The van der Waals surface area contributed by atoms with Crippen molar-refractivity contribution in [2.45, 2.75) is 20.0 Å². The first-order chi connectivity index (χ1) is 14.1. The monoisotopic (exact) mass is 393 g/mol. The summed E-state index contributed by atoms with van der Waals surface area (Å²) in [5.41, 5.74) is 0.637. The Hall–Kier alpha value is -3.54. The van der Waals surface area contributed by atoms with E-state index in [2.05, 4.69) is 5.32 Å². The molecule has 0 saturated carbocycles. The number of nitrogens with one attached hydrogen (secondary N) is 1. The fraction of sp³-hybridized carbons (Fsp3) is 0.217. The second kappa shape index (κ2) is 9.59. The highest BCUT2D eigenvalue weighted by atomic mass is 16.6. The average Bonchev–Trinajstić information content (AvgIpc) is 2.73. The number of esters is 1. The molecular formula is C23H23NO5. The molecule has 1 N–H and O–H groups in total. The van der Waals surface area contributed by atoms with Crippen molar-refractivity contribution in [2.75, 3.05) is 18.5 Å². The minimum atomic E-state index is -0.959. The Morgan fingerprint density at radius 1 is 0.897 bits per heavy atom. The van der Waals surface area contributed by atoms with Crippen LogP contribution in [0.1, 0.15) is 13.8 Å². The number of carbonyl (C=O) groups excluding carboxylic acids is 2. The summed E-state index contributed by atoms with van der Waals surface area (Å²) in [6.07, 6.45) is -0.959. The molecule has 3 aromatic rings. The van der Waals surface area contributed by atoms with Crippen molar-refractivity contribution in [3.05, 3.63) is 66.7 Å². The van der Waals surface area contributed by atoms with Gasteiger partial charge < -0.3 is 19.5 Å². The third-order valence-electron chi connectivity index (χ3n) is 4.19. The standard InChI is InChI=1S/C23H23NO5/c1-3-27-20-10-6-7-11-21(20)28-15-22(25)29-16(2)23(26)24-19-13-12-17-8-4-5-9-18(17)14-19/h4-14,16H,3,15H2,1-2H3,(H,24,26)/t16-/m1/s1. The van der Waals surface area contributed by atoms with Crippen molar-refractivity contribution in [2.24, 2.45) is 0 Å². The molecule has 3 rings (SSSR count). The second-order valence-electron chi connectivity index (χ2n) is 6.35. The summed E-state index contributed by atoms with van der Waals surface area (Å²) in [7, 11) is 0. The van der Waals surface area contributed by atoms with Crippen LogP contribution in [0.5, 0.6) is 11.5 Å². The number of ether oxygens (including phenoxy) is 3. The Kier molecular flexibility index (Phi) is 6.68.